The van der Waals surface area contributed by atoms with Crippen LogP contribution < -0.4 is 27.4 Å². The Hall–Kier alpha value is -3.95. The SMILES string of the molecule is C=CC(=O)N[C@@H]1CCCC[C@H]1Nc1nc(Nc2cc(C(N)=O)ccc2C)ncc1C(N)=O. The van der Waals surface area contributed by atoms with Crippen molar-refractivity contribution in [2.75, 3.05) is 10.6 Å². The minimum Gasteiger partial charge on any atom is -0.366 e. The summed E-state index contributed by atoms with van der Waals surface area (Å²) >= 11 is 0. The number of primary amides is 2. The average molecular weight is 438 g/mol. The first kappa shape index (κ1) is 22.7. The number of aryl methyl sites for hydroxylation is 1. The number of aromatic nitrogens is 2. The molecule has 10 nitrogen and oxygen atoms in total. The van der Waals surface area contributed by atoms with Crippen LogP contribution in [0.3, 0.4) is 0 Å². The highest BCUT2D eigenvalue weighted by molar-refractivity contribution is 5.97. The van der Waals surface area contributed by atoms with Crippen LogP contribution in [0.5, 0.6) is 0 Å². The molecule has 0 radical (unpaired) electrons. The molecule has 32 heavy (non-hydrogen) atoms. The molecule has 168 valence electrons. The van der Waals surface area contributed by atoms with Crippen LogP contribution in [0.15, 0.2) is 37.1 Å². The summed E-state index contributed by atoms with van der Waals surface area (Å²) in [7, 11) is 0. The number of anilines is 3. The highest BCUT2D eigenvalue weighted by atomic mass is 16.2. The van der Waals surface area contributed by atoms with Gasteiger partial charge in [0.25, 0.3) is 5.91 Å². The standard InChI is InChI=1S/C22H27N7O3/c1-3-18(30)26-15-6-4-5-7-16(15)27-21-14(20(24)32)11-25-22(29-21)28-17-10-13(19(23)31)9-8-12(17)2/h3,8-11,15-16H,1,4-7H2,2H3,(H2,23,31)(H2,24,32)(H,26,30)(H2,25,27,28,29)/t15-,16-/m1/s1. The number of carbonyl (C=O) groups is 3. The molecule has 7 N–H and O–H groups in total. The van der Waals surface area contributed by atoms with Gasteiger partial charge >= 0.3 is 0 Å². The van der Waals surface area contributed by atoms with E-state index in [1.165, 1.54) is 12.3 Å². The number of rotatable bonds is 8. The van der Waals surface area contributed by atoms with Crippen LogP contribution in [0.2, 0.25) is 0 Å². The van der Waals surface area contributed by atoms with Crippen molar-refractivity contribution >= 4 is 35.2 Å². The van der Waals surface area contributed by atoms with Crippen molar-refractivity contribution in [3.05, 3.63) is 53.7 Å². The molecule has 0 unspecified atom stereocenters. The maximum Gasteiger partial charge on any atom is 0.254 e. The van der Waals surface area contributed by atoms with Crippen molar-refractivity contribution in [1.82, 2.24) is 15.3 Å². The molecule has 1 aromatic carbocycles. The third kappa shape index (κ3) is 5.39. The molecule has 1 aliphatic carbocycles. The van der Waals surface area contributed by atoms with E-state index >= 15 is 0 Å². The van der Waals surface area contributed by atoms with Crippen LogP contribution >= 0.6 is 0 Å². The van der Waals surface area contributed by atoms with Crippen molar-refractivity contribution < 1.29 is 14.4 Å². The number of benzene rings is 1. The van der Waals surface area contributed by atoms with Crippen molar-refractivity contribution in [2.24, 2.45) is 11.5 Å². The zero-order valence-electron chi connectivity index (χ0n) is 17.9. The first-order valence-electron chi connectivity index (χ1n) is 10.3. The number of nitrogens with one attached hydrogen (secondary N) is 3. The first-order valence-corrected chi connectivity index (χ1v) is 10.3. The highest BCUT2D eigenvalue weighted by Crippen LogP contribution is 2.25. The monoisotopic (exact) mass is 437 g/mol. The summed E-state index contributed by atoms with van der Waals surface area (Å²) in [5, 5.41) is 9.25. The first-order chi connectivity index (χ1) is 15.3. The summed E-state index contributed by atoms with van der Waals surface area (Å²) in [6.45, 7) is 5.36. The van der Waals surface area contributed by atoms with Crippen molar-refractivity contribution in [3.8, 4) is 0 Å². The second kappa shape index (κ2) is 9.90. The number of carbonyl (C=O) groups excluding carboxylic acids is 3. The molecule has 0 aliphatic heterocycles. The molecule has 1 fully saturated rings. The fourth-order valence-corrected chi connectivity index (χ4v) is 3.66. The topological polar surface area (TPSA) is 165 Å². The van der Waals surface area contributed by atoms with E-state index in [0.29, 0.717) is 11.3 Å². The molecule has 2 aromatic rings. The Kier molecular flexibility index (Phi) is 7.04. The van der Waals surface area contributed by atoms with E-state index in [9.17, 15) is 14.4 Å². The average Bonchev–Trinajstić information content (AvgIpc) is 2.76. The Morgan fingerprint density at radius 1 is 1.12 bits per heavy atom. The van der Waals surface area contributed by atoms with Gasteiger partial charge in [0.15, 0.2) is 0 Å². The van der Waals surface area contributed by atoms with Gasteiger partial charge < -0.3 is 27.4 Å². The summed E-state index contributed by atoms with van der Waals surface area (Å²) in [4.78, 5) is 43.9. The zero-order valence-corrected chi connectivity index (χ0v) is 17.9. The molecule has 3 amide bonds. The highest BCUT2D eigenvalue weighted by Gasteiger charge is 2.27. The lowest BCUT2D eigenvalue weighted by Gasteiger charge is -2.33. The molecular formula is C22H27N7O3. The molecule has 1 saturated carbocycles. The number of hydrogen-bond donors (Lipinski definition) is 5. The Balaban J connectivity index is 1.89. The normalized spacial score (nSPS) is 17.8. The Morgan fingerprint density at radius 3 is 2.50 bits per heavy atom. The predicted octanol–water partition coefficient (Wildman–Crippen LogP) is 1.75. The summed E-state index contributed by atoms with van der Waals surface area (Å²) < 4.78 is 0. The molecule has 0 saturated heterocycles. The third-order valence-electron chi connectivity index (χ3n) is 5.42. The van der Waals surface area contributed by atoms with Crippen LogP contribution in [0.25, 0.3) is 0 Å². The summed E-state index contributed by atoms with van der Waals surface area (Å²) in [5.74, 6) is -0.999. The molecule has 3 rings (SSSR count). The van der Waals surface area contributed by atoms with Gasteiger partial charge in [0.1, 0.15) is 5.82 Å². The van der Waals surface area contributed by atoms with Crippen LogP contribution in [0, 0.1) is 6.92 Å². The Labute approximate surface area is 185 Å². The molecule has 0 bridgehead atoms. The maximum absolute atomic E-state index is 12.0. The van der Waals surface area contributed by atoms with Crippen LogP contribution in [0.4, 0.5) is 17.5 Å². The third-order valence-corrected chi connectivity index (χ3v) is 5.42. The lowest BCUT2D eigenvalue weighted by Crippen LogP contribution is -2.48. The summed E-state index contributed by atoms with van der Waals surface area (Å²) in [6.07, 6.45) is 6.10. The zero-order chi connectivity index (χ0) is 23.3. The molecule has 1 heterocycles. The predicted molar refractivity (Wildman–Crippen MR) is 122 cm³/mol. The van der Waals surface area contributed by atoms with Gasteiger partial charge in [0.05, 0.1) is 5.56 Å². The van der Waals surface area contributed by atoms with Gasteiger partial charge in [0.2, 0.25) is 17.8 Å². The second-order valence-electron chi connectivity index (χ2n) is 7.69. The van der Waals surface area contributed by atoms with Gasteiger partial charge in [0, 0.05) is 29.5 Å². The van der Waals surface area contributed by atoms with Gasteiger partial charge in [-0.3, -0.25) is 14.4 Å². The van der Waals surface area contributed by atoms with Gasteiger partial charge in [-0.2, -0.15) is 4.98 Å². The maximum atomic E-state index is 12.0. The molecule has 2 atom stereocenters. The van der Waals surface area contributed by atoms with E-state index in [1.54, 1.807) is 18.2 Å². The Morgan fingerprint density at radius 2 is 1.84 bits per heavy atom. The second-order valence-corrected chi connectivity index (χ2v) is 7.69. The molecule has 1 aromatic heterocycles. The largest absolute Gasteiger partial charge is 0.366 e. The van der Waals surface area contributed by atoms with E-state index in [4.69, 9.17) is 11.5 Å². The van der Waals surface area contributed by atoms with Crippen molar-refractivity contribution in [3.63, 3.8) is 0 Å². The quantitative estimate of drug-likeness (QED) is 0.392. The number of amides is 3. The van der Waals surface area contributed by atoms with E-state index in [1.807, 2.05) is 6.92 Å². The van der Waals surface area contributed by atoms with E-state index < -0.39 is 11.8 Å². The molecule has 10 heteroatoms. The molecular weight excluding hydrogens is 410 g/mol. The number of hydrogen-bond acceptors (Lipinski definition) is 7. The number of nitrogens with zero attached hydrogens (tertiary/aromatic N) is 2. The van der Waals surface area contributed by atoms with Gasteiger partial charge in [-0.05, 0) is 43.5 Å². The lowest BCUT2D eigenvalue weighted by molar-refractivity contribution is -0.117. The number of nitrogens with two attached hydrogens (primary N) is 2. The van der Waals surface area contributed by atoms with Gasteiger partial charge in [-0.1, -0.05) is 25.5 Å². The lowest BCUT2D eigenvalue weighted by atomic mass is 9.90. The van der Waals surface area contributed by atoms with Crippen molar-refractivity contribution in [2.45, 2.75) is 44.7 Å². The molecule has 1 aliphatic rings. The molecule has 0 spiro atoms. The van der Waals surface area contributed by atoms with Gasteiger partial charge in [-0.15, -0.1) is 0 Å². The van der Waals surface area contributed by atoms with Crippen molar-refractivity contribution in [1.29, 1.82) is 0 Å². The van der Waals surface area contributed by atoms with Crippen LogP contribution in [0.1, 0.15) is 52.0 Å². The summed E-state index contributed by atoms with van der Waals surface area (Å²) in [5.41, 5.74) is 12.8. The summed E-state index contributed by atoms with van der Waals surface area (Å²) in [6, 6.07) is 4.71. The minimum absolute atomic E-state index is 0.137. The Bertz CT molecular complexity index is 1050. The van der Waals surface area contributed by atoms with E-state index in [2.05, 4.69) is 32.5 Å². The fourth-order valence-electron chi connectivity index (χ4n) is 3.66. The minimum atomic E-state index is -0.673. The van der Waals surface area contributed by atoms with E-state index in [-0.39, 0.29) is 35.3 Å². The smallest absolute Gasteiger partial charge is 0.254 e. The fraction of sp³-hybridized carbons (Fsp3) is 0.318. The van der Waals surface area contributed by atoms with Crippen LogP contribution in [-0.2, 0) is 4.79 Å². The van der Waals surface area contributed by atoms with Crippen LogP contribution in [-0.4, -0.2) is 39.8 Å². The van der Waals surface area contributed by atoms with Gasteiger partial charge in [-0.25, -0.2) is 4.98 Å². The van der Waals surface area contributed by atoms with E-state index in [0.717, 1.165) is 31.2 Å².